The molecular formula is C20H19N3O2S. The fourth-order valence-corrected chi connectivity index (χ4v) is 4.87. The van der Waals surface area contributed by atoms with Gasteiger partial charge in [0.15, 0.2) is 0 Å². The zero-order valence-electron chi connectivity index (χ0n) is 14.4. The van der Waals surface area contributed by atoms with E-state index in [-0.39, 0.29) is 5.91 Å². The number of primary amides is 1. The maximum atomic E-state index is 12.7. The number of benzene rings is 1. The molecule has 2 heterocycles. The molecule has 0 aliphatic heterocycles. The second kappa shape index (κ2) is 6.53. The fourth-order valence-electron chi connectivity index (χ4n) is 3.46. The Morgan fingerprint density at radius 1 is 1.23 bits per heavy atom. The van der Waals surface area contributed by atoms with Gasteiger partial charge in [-0.05, 0) is 42.9 Å². The summed E-state index contributed by atoms with van der Waals surface area (Å²) >= 11 is 1.46. The molecule has 1 atom stereocenters. The highest BCUT2D eigenvalue weighted by molar-refractivity contribution is 7.17. The number of fused-ring (bicyclic) bond motifs is 2. The number of aromatic nitrogens is 1. The average molecular weight is 365 g/mol. The lowest BCUT2D eigenvalue weighted by Gasteiger charge is -2.18. The van der Waals surface area contributed by atoms with Gasteiger partial charge in [0.25, 0.3) is 11.8 Å². The van der Waals surface area contributed by atoms with E-state index < -0.39 is 5.91 Å². The monoisotopic (exact) mass is 365 g/mol. The molecule has 0 unspecified atom stereocenters. The topological polar surface area (TPSA) is 85.1 Å². The minimum absolute atomic E-state index is 0.318. The molecule has 132 valence electrons. The third-order valence-corrected chi connectivity index (χ3v) is 5.99. The molecule has 1 aliphatic rings. The van der Waals surface area contributed by atoms with Gasteiger partial charge < -0.3 is 11.1 Å². The first-order chi connectivity index (χ1) is 12.5. The van der Waals surface area contributed by atoms with E-state index in [4.69, 9.17) is 5.73 Å². The summed E-state index contributed by atoms with van der Waals surface area (Å²) in [7, 11) is 0. The zero-order valence-corrected chi connectivity index (χ0v) is 15.2. The number of nitrogens with two attached hydrogens (primary N) is 1. The van der Waals surface area contributed by atoms with Crippen LogP contribution in [0.15, 0.2) is 36.4 Å². The number of pyridine rings is 1. The van der Waals surface area contributed by atoms with Crippen LogP contribution in [-0.2, 0) is 12.8 Å². The van der Waals surface area contributed by atoms with E-state index in [1.165, 1.54) is 11.3 Å². The van der Waals surface area contributed by atoms with Crippen LogP contribution in [0.25, 0.3) is 10.9 Å². The number of thiophene rings is 1. The molecule has 6 heteroatoms. The molecule has 0 bridgehead atoms. The second-order valence-corrected chi connectivity index (χ2v) is 7.87. The molecule has 3 aromatic rings. The summed E-state index contributed by atoms with van der Waals surface area (Å²) in [5.41, 5.74) is 8.15. The Morgan fingerprint density at radius 3 is 2.85 bits per heavy atom. The molecule has 0 radical (unpaired) electrons. The summed E-state index contributed by atoms with van der Waals surface area (Å²) in [6.07, 6.45) is 2.78. The van der Waals surface area contributed by atoms with E-state index in [1.807, 2.05) is 30.3 Å². The first-order valence-electron chi connectivity index (χ1n) is 8.64. The number of hydrogen-bond acceptors (Lipinski definition) is 4. The summed E-state index contributed by atoms with van der Waals surface area (Å²) in [5, 5.41) is 4.37. The normalized spacial score (nSPS) is 16.3. The van der Waals surface area contributed by atoms with Crippen LogP contribution in [0.5, 0.6) is 0 Å². The Bertz CT molecular complexity index is 1030. The minimum atomic E-state index is -0.487. The van der Waals surface area contributed by atoms with E-state index in [1.54, 1.807) is 6.07 Å². The van der Waals surface area contributed by atoms with Crippen molar-refractivity contribution < 1.29 is 9.59 Å². The SMILES string of the molecule is C[C@@H]1CCc2c(sc(NC(=O)c3ccc4ccccc4n3)c2C(N)=O)C1. The molecule has 3 N–H and O–H groups in total. The molecule has 5 nitrogen and oxygen atoms in total. The van der Waals surface area contributed by atoms with Crippen LogP contribution in [-0.4, -0.2) is 16.8 Å². The van der Waals surface area contributed by atoms with E-state index in [0.29, 0.717) is 22.2 Å². The quantitative estimate of drug-likeness (QED) is 0.741. The largest absolute Gasteiger partial charge is 0.365 e. The predicted molar refractivity (Wildman–Crippen MR) is 104 cm³/mol. The highest BCUT2D eigenvalue weighted by atomic mass is 32.1. The van der Waals surface area contributed by atoms with Crippen molar-refractivity contribution in [3.8, 4) is 0 Å². The zero-order chi connectivity index (χ0) is 18.3. The minimum Gasteiger partial charge on any atom is -0.365 e. The molecule has 0 spiro atoms. The maximum Gasteiger partial charge on any atom is 0.274 e. The molecule has 0 saturated heterocycles. The summed E-state index contributed by atoms with van der Waals surface area (Å²) < 4.78 is 0. The van der Waals surface area contributed by atoms with E-state index in [0.717, 1.165) is 40.6 Å². The summed E-state index contributed by atoms with van der Waals surface area (Å²) in [6.45, 7) is 2.20. The lowest BCUT2D eigenvalue weighted by molar-refractivity contribution is 0.1000. The number of hydrogen-bond donors (Lipinski definition) is 2. The van der Waals surface area contributed by atoms with Gasteiger partial charge in [-0.25, -0.2) is 4.98 Å². The lowest BCUT2D eigenvalue weighted by atomic mass is 9.88. The molecule has 0 saturated carbocycles. The number of rotatable bonds is 3. The van der Waals surface area contributed by atoms with Gasteiger partial charge in [0, 0.05) is 10.3 Å². The van der Waals surface area contributed by atoms with E-state index >= 15 is 0 Å². The first-order valence-corrected chi connectivity index (χ1v) is 9.46. The van der Waals surface area contributed by atoms with Crippen LogP contribution in [0.2, 0.25) is 0 Å². The molecule has 0 fully saturated rings. The molecule has 26 heavy (non-hydrogen) atoms. The van der Waals surface area contributed by atoms with Gasteiger partial charge in [-0.15, -0.1) is 11.3 Å². The first kappa shape index (κ1) is 16.7. The maximum absolute atomic E-state index is 12.7. The molecule has 1 aromatic carbocycles. The van der Waals surface area contributed by atoms with Gasteiger partial charge in [-0.1, -0.05) is 31.2 Å². The van der Waals surface area contributed by atoms with Crippen molar-refractivity contribution in [1.82, 2.24) is 4.98 Å². The van der Waals surface area contributed by atoms with Gasteiger partial charge >= 0.3 is 0 Å². The van der Waals surface area contributed by atoms with Gasteiger partial charge in [0.2, 0.25) is 0 Å². The van der Waals surface area contributed by atoms with Gasteiger partial charge in [-0.2, -0.15) is 0 Å². The van der Waals surface area contributed by atoms with Crippen LogP contribution in [0.1, 0.15) is 44.6 Å². The van der Waals surface area contributed by atoms with E-state index in [9.17, 15) is 9.59 Å². The summed E-state index contributed by atoms with van der Waals surface area (Å²) in [5.74, 6) is -0.240. The van der Waals surface area contributed by atoms with Crippen LogP contribution < -0.4 is 11.1 Å². The van der Waals surface area contributed by atoms with Crippen molar-refractivity contribution in [1.29, 1.82) is 0 Å². The Hall–Kier alpha value is -2.73. The van der Waals surface area contributed by atoms with Crippen LogP contribution >= 0.6 is 11.3 Å². The summed E-state index contributed by atoms with van der Waals surface area (Å²) in [4.78, 5) is 30.3. The fraction of sp³-hybridized carbons (Fsp3) is 0.250. The molecule has 4 rings (SSSR count). The molecular weight excluding hydrogens is 346 g/mol. The van der Waals surface area contributed by atoms with E-state index in [2.05, 4.69) is 17.2 Å². The van der Waals surface area contributed by atoms with Crippen molar-refractivity contribution in [3.05, 3.63) is 58.1 Å². The van der Waals surface area contributed by atoms with Crippen LogP contribution in [0, 0.1) is 5.92 Å². The van der Waals surface area contributed by atoms with Crippen LogP contribution in [0.3, 0.4) is 0 Å². The number of anilines is 1. The molecule has 2 amide bonds. The van der Waals surface area contributed by atoms with Crippen molar-refractivity contribution in [2.75, 3.05) is 5.32 Å². The Labute approximate surface area is 155 Å². The smallest absolute Gasteiger partial charge is 0.274 e. The highest BCUT2D eigenvalue weighted by Gasteiger charge is 2.27. The van der Waals surface area contributed by atoms with Gasteiger partial charge in [0.1, 0.15) is 10.7 Å². The highest BCUT2D eigenvalue weighted by Crippen LogP contribution is 2.39. The standard InChI is InChI=1S/C20H19N3O2S/c1-11-6-8-13-16(10-11)26-20(17(13)18(21)24)23-19(25)15-9-7-12-4-2-3-5-14(12)22-15/h2-5,7,9,11H,6,8,10H2,1H3,(H2,21,24)(H,23,25)/t11-/m1/s1. The van der Waals surface area contributed by atoms with Crippen molar-refractivity contribution in [2.24, 2.45) is 11.7 Å². The number of amides is 2. The van der Waals surface area contributed by atoms with Crippen molar-refractivity contribution in [3.63, 3.8) is 0 Å². The third kappa shape index (κ3) is 2.97. The summed E-state index contributed by atoms with van der Waals surface area (Å²) in [6, 6.07) is 11.2. The Balaban J connectivity index is 1.67. The number of carbonyl (C=O) groups excluding carboxylic acids is 2. The number of carbonyl (C=O) groups is 2. The van der Waals surface area contributed by atoms with Gasteiger partial charge in [-0.3, -0.25) is 9.59 Å². The third-order valence-electron chi connectivity index (χ3n) is 4.82. The second-order valence-electron chi connectivity index (χ2n) is 6.76. The predicted octanol–water partition coefficient (Wildman–Crippen LogP) is 3.77. The average Bonchev–Trinajstić information content (AvgIpc) is 2.98. The van der Waals surface area contributed by atoms with Crippen LogP contribution in [0.4, 0.5) is 5.00 Å². The Kier molecular flexibility index (Phi) is 4.20. The Morgan fingerprint density at radius 2 is 2.04 bits per heavy atom. The van der Waals surface area contributed by atoms with Gasteiger partial charge in [0.05, 0.1) is 11.1 Å². The van der Waals surface area contributed by atoms with Crippen molar-refractivity contribution in [2.45, 2.75) is 26.2 Å². The molecule has 1 aliphatic carbocycles. The number of nitrogens with zero attached hydrogens (tertiary/aromatic N) is 1. The molecule has 2 aromatic heterocycles. The lowest BCUT2D eigenvalue weighted by Crippen LogP contribution is -2.19. The number of nitrogens with one attached hydrogen (secondary N) is 1. The number of para-hydroxylation sites is 1. The van der Waals surface area contributed by atoms with Crippen molar-refractivity contribution >= 4 is 39.1 Å².